The van der Waals surface area contributed by atoms with Crippen LogP contribution in [0.1, 0.15) is 26.3 Å². The molecule has 0 heterocycles. The molecule has 1 aromatic rings. The first kappa shape index (κ1) is 18.2. The van der Waals surface area contributed by atoms with E-state index < -0.39 is 6.03 Å². The number of benzene rings is 1. The van der Waals surface area contributed by atoms with Crippen molar-refractivity contribution >= 4 is 11.7 Å². The molecule has 6 nitrogen and oxygen atoms in total. The number of hydrogen-bond acceptors (Lipinski definition) is 4. The van der Waals surface area contributed by atoms with Crippen LogP contribution in [0.5, 0.6) is 5.75 Å². The van der Waals surface area contributed by atoms with E-state index in [0.29, 0.717) is 11.4 Å². The van der Waals surface area contributed by atoms with Crippen LogP contribution in [-0.4, -0.2) is 30.9 Å². The lowest BCUT2D eigenvalue weighted by molar-refractivity contribution is 0.130. The van der Waals surface area contributed by atoms with Crippen molar-refractivity contribution in [2.45, 2.75) is 33.8 Å². The predicted molar refractivity (Wildman–Crippen MR) is 80.8 cm³/mol. The van der Waals surface area contributed by atoms with Crippen molar-refractivity contribution in [1.29, 1.82) is 0 Å². The van der Waals surface area contributed by atoms with Crippen LogP contribution in [0, 0.1) is 6.92 Å². The Kier molecular flexibility index (Phi) is 8.35. The van der Waals surface area contributed by atoms with Gasteiger partial charge in [-0.1, -0.05) is 19.9 Å². The van der Waals surface area contributed by atoms with Crippen molar-refractivity contribution in [3.63, 3.8) is 0 Å². The van der Waals surface area contributed by atoms with E-state index in [0.717, 1.165) is 10.6 Å². The molecule has 0 aromatic heterocycles. The molecule has 4 N–H and O–H groups in total. The van der Waals surface area contributed by atoms with Gasteiger partial charge in [0, 0.05) is 7.05 Å². The number of hydrogen-bond donors (Lipinski definition) is 3. The molecular formula is C14H25N3O3. The summed E-state index contributed by atoms with van der Waals surface area (Å²) in [7, 11) is 1.49. The minimum Gasteiger partial charge on any atom is -0.486 e. The Bertz CT molecular complexity index is 424. The summed E-state index contributed by atoms with van der Waals surface area (Å²) in [6.07, 6.45) is -0.371. The number of urea groups is 1. The number of nitrogens with two attached hydrogens (primary N) is 1. The van der Waals surface area contributed by atoms with E-state index in [1.165, 1.54) is 7.05 Å². The van der Waals surface area contributed by atoms with E-state index in [2.05, 4.69) is 5.32 Å². The van der Waals surface area contributed by atoms with Gasteiger partial charge < -0.3 is 15.2 Å². The van der Waals surface area contributed by atoms with Gasteiger partial charge in [-0.25, -0.2) is 15.6 Å². The quantitative estimate of drug-likeness (QED) is 0.446. The molecule has 0 aliphatic rings. The van der Waals surface area contributed by atoms with Gasteiger partial charge >= 0.3 is 6.03 Å². The minimum atomic E-state index is -0.442. The van der Waals surface area contributed by atoms with Gasteiger partial charge in [-0.05, 0) is 31.5 Å². The molecule has 2 amide bonds. The second-order valence-electron chi connectivity index (χ2n) is 4.01. The van der Waals surface area contributed by atoms with E-state index in [-0.39, 0.29) is 12.7 Å². The van der Waals surface area contributed by atoms with E-state index in [4.69, 9.17) is 15.7 Å². The summed E-state index contributed by atoms with van der Waals surface area (Å²) < 4.78 is 5.51. The highest BCUT2D eigenvalue weighted by atomic mass is 16.5. The summed E-state index contributed by atoms with van der Waals surface area (Å²) in [5.74, 6) is 6.17. The number of carbonyl (C=O) groups is 1. The van der Waals surface area contributed by atoms with Crippen molar-refractivity contribution in [2.75, 3.05) is 18.7 Å². The van der Waals surface area contributed by atoms with Crippen molar-refractivity contribution in [2.24, 2.45) is 5.84 Å². The molecule has 0 aliphatic carbocycles. The third-order valence-electron chi connectivity index (χ3n) is 2.39. The molecule has 0 saturated heterocycles. The number of carbonyl (C=O) groups excluding carboxylic acids is 1. The van der Waals surface area contributed by atoms with Crippen molar-refractivity contribution in [1.82, 2.24) is 5.32 Å². The Morgan fingerprint density at radius 3 is 2.60 bits per heavy atom. The summed E-state index contributed by atoms with van der Waals surface area (Å²) in [4.78, 5) is 11.5. The van der Waals surface area contributed by atoms with Crippen LogP contribution in [0.4, 0.5) is 10.5 Å². The van der Waals surface area contributed by atoms with Crippen molar-refractivity contribution in [3.05, 3.63) is 23.8 Å². The summed E-state index contributed by atoms with van der Waals surface area (Å²) in [6.45, 7) is 7.50. The molecule has 1 atom stereocenters. The van der Waals surface area contributed by atoms with Crippen LogP contribution < -0.4 is 20.9 Å². The Morgan fingerprint density at radius 1 is 1.50 bits per heavy atom. The molecule has 6 heteroatoms. The predicted octanol–water partition coefficient (Wildman–Crippen LogP) is 1.80. The highest BCUT2D eigenvalue weighted by Gasteiger charge is 2.16. The lowest BCUT2D eigenvalue weighted by atomic mass is 10.2. The maximum Gasteiger partial charge on any atom is 0.336 e. The largest absolute Gasteiger partial charge is 0.486 e. The molecule has 0 bridgehead atoms. The third-order valence-corrected chi connectivity index (χ3v) is 2.39. The summed E-state index contributed by atoms with van der Waals surface area (Å²) in [5, 5.41) is 12.4. The zero-order valence-corrected chi connectivity index (χ0v) is 12.8. The van der Waals surface area contributed by atoms with Gasteiger partial charge in [0.1, 0.15) is 17.5 Å². The zero-order chi connectivity index (χ0) is 15.7. The average molecular weight is 283 g/mol. The van der Waals surface area contributed by atoms with Crippen LogP contribution in [-0.2, 0) is 0 Å². The normalized spacial score (nSPS) is 10.9. The SMILES string of the molecule is CC.CNC(=O)N(N)c1cc(C)ccc1O[C@@H](C)CO. The number of nitrogens with one attached hydrogen (secondary N) is 1. The van der Waals surface area contributed by atoms with Crippen molar-refractivity contribution in [3.8, 4) is 5.75 Å². The van der Waals surface area contributed by atoms with E-state index in [1.807, 2.05) is 26.8 Å². The molecule has 1 aromatic carbocycles. The number of anilines is 1. The monoisotopic (exact) mass is 283 g/mol. The zero-order valence-electron chi connectivity index (χ0n) is 12.8. The Balaban J connectivity index is 0.00000172. The van der Waals surface area contributed by atoms with Gasteiger partial charge in [0.2, 0.25) is 0 Å². The lowest BCUT2D eigenvalue weighted by Gasteiger charge is -2.22. The highest BCUT2D eigenvalue weighted by Crippen LogP contribution is 2.28. The van der Waals surface area contributed by atoms with Gasteiger partial charge in [0.15, 0.2) is 0 Å². The fraction of sp³-hybridized carbons (Fsp3) is 0.500. The number of hydrazine groups is 1. The van der Waals surface area contributed by atoms with E-state index in [1.54, 1.807) is 19.1 Å². The topological polar surface area (TPSA) is 87.8 Å². The number of amides is 2. The number of aryl methyl sites for hydroxylation is 1. The maximum atomic E-state index is 11.5. The van der Waals surface area contributed by atoms with Gasteiger partial charge in [0.25, 0.3) is 0 Å². The van der Waals surface area contributed by atoms with Gasteiger partial charge in [-0.15, -0.1) is 0 Å². The highest BCUT2D eigenvalue weighted by molar-refractivity contribution is 5.92. The van der Waals surface area contributed by atoms with E-state index >= 15 is 0 Å². The molecule has 0 saturated carbocycles. The number of rotatable bonds is 4. The molecule has 1 rings (SSSR count). The number of aliphatic hydroxyl groups is 1. The molecule has 0 radical (unpaired) electrons. The first-order valence-corrected chi connectivity index (χ1v) is 6.64. The van der Waals surface area contributed by atoms with Crippen LogP contribution >= 0.6 is 0 Å². The number of aliphatic hydroxyl groups excluding tert-OH is 1. The standard InChI is InChI=1S/C12H19N3O3.C2H6/c1-8-4-5-11(18-9(2)7-16)10(6-8)15(13)12(17)14-3;1-2/h4-6,9,16H,7,13H2,1-3H3,(H,14,17);1-2H3/t9-;/m0./s1. The van der Waals surface area contributed by atoms with Gasteiger partial charge in [-0.2, -0.15) is 0 Å². The van der Waals surface area contributed by atoms with Crippen LogP contribution in [0.3, 0.4) is 0 Å². The van der Waals surface area contributed by atoms with Gasteiger partial charge in [0.05, 0.1) is 6.61 Å². The molecule has 20 heavy (non-hydrogen) atoms. The van der Waals surface area contributed by atoms with Crippen LogP contribution in [0.15, 0.2) is 18.2 Å². The summed E-state index contributed by atoms with van der Waals surface area (Å²) in [5.41, 5.74) is 1.41. The van der Waals surface area contributed by atoms with E-state index in [9.17, 15) is 4.79 Å². The lowest BCUT2D eigenvalue weighted by Crippen LogP contribution is -2.43. The molecule has 0 aliphatic heterocycles. The summed E-state index contributed by atoms with van der Waals surface area (Å²) in [6, 6.07) is 4.87. The fourth-order valence-corrected chi connectivity index (χ4v) is 1.40. The molecular weight excluding hydrogens is 258 g/mol. The summed E-state index contributed by atoms with van der Waals surface area (Å²) >= 11 is 0. The smallest absolute Gasteiger partial charge is 0.336 e. The molecule has 0 unspecified atom stereocenters. The maximum absolute atomic E-state index is 11.5. The minimum absolute atomic E-state index is 0.113. The average Bonchev–Trinajstić information content (AvgIpc) is 2.49. The fourth-order valence-electron chi connectivity index (χ4n) is 1.40. The third kappa shape index (κ3) is 5.07. The second kappa shape index (κ2) is 9.17. The molecule has 0 spiro atoms. The second-order valence-corrected chi connectivity index (χ2v) is 4.01. The number of nitrogens with zero attached hydrogens (tertiary/aromatic N) is 1. The van der Waals surface area contributed by atoms with Crippen LogP contribution in [0.2, 0.25) is 0 Å². The van der Waals surface area contributed by atoms with Gasteiger partial charge in [-0.3, -0.25) is 0 Å². The van der Waals surface area contributed by atoms with Crippen LogP contribution in [0.25, 0.3) is 0 Å². The Hall–Kier alpha value is -1.79. The first-order valence-electron chi connectivity index (χ1n) is 6.64. The Morgan fingerprint density at radius 2 is 2.10 bits per heavy atom. The first-order chi connectivity index (χ1) is 9.49. The Labute approximate surface area is 120 Å². The molecule has 114 valence electrons. The van der Waals surface area contributed by atoms with Crippen molar-refractivity contribution < 1.29 is 14.6 Å². The number of ether oxygens (including phenoxy) is 1. The molecule has 0 fully saturated rings.